The standard InChI is InChI=1S/C30H32O6/c1-17(16-31)11-12-28-15-20-13-19-14-21(32)27(4,5)29(19,23(28)34)25(36)30(24(28)35,26(20,2)3)22(33)18-9-7-6-8-10-18/h6-11,16,19-20H,12-15H2,1-5H3/t19-,20+,28-,29+,30+/m1/s1. The van der Waals surface area contributed by atoms with Crippen LogP contribution in [0.3, 0.4) is 0 Å². The maximum Gasteiger partial charge on any atom is 0.184 e. The van der Waals surface area contributed by atoms with E-state index in [-0.39, 0.29) is 36.5 Å². The molecule has 6 rings (SSSR count). The van der Waals surface area contributed by atoms with Crippen molar-refractivity contribution in [3.8, 4) is 0 Å². The van der Waals surface area contributed by atoms with Crippen molar-refractivity contribution in [2.24, 2.45) is 38.9 Å². The van der Waals surface area contributed by atoms with Crippen LogP contribution in [-0.2, 0) is 24.0 Å². The molecule has 4 bridgehead atoms. The molecular formula is C30H32O6. The van der Waals surface area contributed by atoms with Gasteiger partial charge in [0, 0.05) is 17.4 Å². The van der Waals surface area contributed by atoms with Crippen molar-refractivity contribution in [1.82, 2.24) is 0 Å². The number of ketones is 5. The Bertz CT molecular complexity index is 1280. The van der Waals surface area contributed by atoms with E-state index in [2.05, 4.69) is 0 Å². The average Bonchev–Trinajstić information content (AvgIpc) is 2.94. The molecule has 5 fully saturated rings. The molecule has 0 aliphatic heterocycles. The van der Waals surface area contributed by atoms with Gasteiger partial charge in [0.05, 0.1) is 5.41 Å². The number of rotatable bonds is 5. The molecule has 1 aromatic rings. The van der Waals surface area contributed by atoms with Crippen LogP contribution in [0.4, 0.5) is 0 Å². The Balaban J connectivity index is 1.91. The molecule has 0 aromatic heterocycles. The third kappa shape index (κ3) is 2.39. The van der Waals surface area contributed by atoms with Gasteiger partial charge in [-0.15, -0.1) is 0 Å². The van der Waals surface area contributed by atoms with Gasteiger partial charge < -0.3 is 0 Å². The molecule has 6 nitrogen and oxygen atoms in total. The molecule has 0 unspecified atom stereocenters. The summed E-state index contributed by atoms with van der Waals surface area (Å²) in [7, 11) is 0. The number of hydrogen-bond donors (Lipinski definition) is 0. The van der Waals surface area contributed by atoms with Crippen LogP contribution in [0.2, 0.25) is 0 Å². The lowest BCUT2D eigenvalue weighted by Gasteiger charge is -2.61. The molecular weight excluding hydrogens is 456 g/mol. The number of Topliss-reactive ketones (excluding diaryl/α,β-unsaturated/α-hetero) is 5. The van der Waals surface area contributed by atoms with E-state index < -0.39 is 56.1 Å². The summed E-state index contributed by atoms with van der Waals surface area (Å²) < 4.78 is 0. The van der Waals surface area contributed by atoms with E-state index in [0.717, 1.165) is 0 Å². The number of aldehydes is 1. The largest absolute Gasteiger partial charge is 0.299 e. The molecule has 0 radical (unpaired) electrons. The van der Waals surface area contributed by atoms with Crippen molar-refractivity contribution < 1.29 is 28.8 Å². The SMILES string of the molecule is CC(C=O)=CC[C@@]12C[C@@H]3C[C@@H]4CC(=O)C(C)(C)[C@@]4(C1=O)C(=O)[C@](C(=O)c1ccccc1)(C2=O)C3(C)C. The fourth-order valence-electron chi connectivity index (χ4n) is 8.33. The van der Waals surface area contributed by atoms with Crippen LogP contribution in [-0.4, -0.2) is 35.2 Å². The molecule has 36 heavy (non-hydrogen) atoms. The highest BCUT2D eigenvalue weighted by Crippen LogP contribution is 2.76. The van der Waals surface area contributed by atoms with E-state index in [9.17, 15) is 28.8 Å². The molecule has 0 heterocycles. The zero-order chi connectivity index (χ0) is 26.5. The summed E-state index contributed by atoms with van der Waals surface area (Å²) in [4.78, 5) is 83.7. The smallest absolute Gasteiger partial charge is 0.184 e. The Morgan fingerprint density at radius 1 is 0.944 bits per heavy atom. The Morgan fingerprint density at radius 3 is 2.19 bits per heavy atom. The van der Waals surface area contributed by atoms with E-state index in [4.69, 9.17) is 0 Å². The van der Waals surface area contributed by atoms with Gasteiger partial charge in [-0.2, -0.15) is 0 Å². The third-order valence-corrected chi connectivity index (χ3v) is 10.5. The van der Waals surface area contributed by atoms with Crippen molar-refractivity contribution in [1.29, 1.82) is 0 Å². The Hall–Kier alpha value is -3.02. The number of carbonyl (C=O) groups is 6. The highest BCUT2D eigenvalue weighted by atomic mass is 16.2. The van der Waals surface area contributed by atoms with Gasteiger partial charge in [0.2, 0.25) is 0 Å². The molecule has 0 saturated heterocycles. The molecule has 0 amide bonds. The summed E-state index contributed by atoms with van der Waals surface area (Å²) in [6.45, 7) is 8.48. The number of allylic oxidation sites excluding steroid dienone is 2. The predicted octanol–water partition coefficient (Wildman–Crippen LogP) is 4.15. The van der Waals surface area contributed by atoms with Crippen molar-refractivity contribution in [2.75, 3.05) is 0 Å². The van der Waals surface area contributed by atoms with Gasteiger partial charge in [0.15, 0.2) is 28.5 Å². The molecule has 5 aliphatic rings. The highest BCUT2D eigenvalue weighted by Gasteiger charge is 2.87. The number of hydrogen-bond acceptors (Lipinski definition) is 6. The van der Waals surface area contributed by atoms with Gasteiger partial charge >= 0.3 is 0 Å². The molecule has 5 aliphatic carbocycles. The molecule has 1 aromatic carbocycles. The van der Waals surface area contributed by atoms with E-state index in [1.807, 2.05) is 13.8 Å². The maximum absolute atomic E-state index is 15.0. The Kier molecular flexibility index (Phi) is 4.98. The first-order valence-corrected chi connectivity index (χ1v) is 12.7. The monoisotopic (exact) mass is 488 g/mol. The second kappa shape index (κ2) is 7.27. The fraction of sp³-hybridized carbons (Fsp3) is 0.533. The van der Waals surface area contributed by atoms with Crippen LogP contribution in [0.15, 0.2) is 42.0 Å². The van der Waals surface area contributed by atoms with E-state index in [1.54, 1.807) is 57.2 Å². The van der Waals surface area contributed by atoms with Crippen LogP contribution in [0, 0.1) is 38.9 Å². The number of carbonyl (C=O) groups excluding carboxylic acids is 6. The predicted molar refractivity (Wildman–Crippen MR) is 131 cm³/mol. The Morgan fingerprint density at radius 2 is 1.58 bits per heavy atom. The Labute approximate surface area is 210 Å². The van der Waals surface area contributed by atoms with Crippen LogP contribution < -0.4 is 0 Å². The summed E-state index contributed by atoms with van der Waals surface area (Å²) in [5.41, 5.74) is -7.28. The van der Waals surface area contributed by atoms with Crippen LogP contribution >= 0.6 is 0 Å². The summed E-state index contributed by atoms with van der Waals surface area (Å²) in [5, 5.41) is 0. The number of benzene rings is 1. The van der Waals surface area contributed by atoms with E-state index in [0.29, 0.717) is 18.3 Å². The van der Waals surface area contributed by atoms with E-state index in [1.165, 1.54) is 0 Å². The normalized spacial score (nSPS) is 38.2. The molecule has 1 spiro atoms. The second-order valence-electron chi connectivity index (χ2n) is 12.4. The van der Waals surface area contributed by atoms with Gasteiger partial charge in [0.1, 0.15) is 17.5 Å². The van der Waals surface area contributed by atoms with Gasteiger partial charge in [-0.25, -0.2) is 0 Å². The third-order valence-electron chi connectivity index (χ3n) is 10.5. The summed E-state index contributed by atoms with van der Waals surface area (Å²) >= 11 is 0. The van der Waals surface area contributed by atoms with Gasteiger partial charge in [0.25, 0.3) is 0 Å². The summed E-state index contributed by atoms with van der Waals surface area (Å²) in [6, 6.07) is 8.32. The highest BCUT2D eigenvalue weighted by molar-refractivity contribution is 6.43. The fourth-order valence-corrected chi connectivity index (χ4v) is 8.33. The van der Waals surface area contributed by atoms with Crippen molar-refractivity contribution >= 4 is 35.2 Å². The molecule has 0 N–H and O–H groups in total. The first kappa shape index (κ1) is 24.7. The van der Waals surface area contributed by atoms with Crippen molar-refractivity contribution in [2.45, 2.75) is 60.3 Å². The zero-order valence-corrected chi connectivity index (χ0v) is 21.5. The summed E-state index contributed by atoms with van der Waals surface area (Å²) in [5.74, 6) is -3.49. The lowest BCUT2D eigenvalue weighted by molar-refractivity contribution is -0.187. The average molecular weight is 489 g/mol. The van der Waals surface area contributed by atoms with Crippen LogP contribution in [0.5, 0.6) is 0 Å². The van der Waals surface area contributed by atoms with Gasteiger partial charge in [-0.1, -0.05) is 64.1 Å². The topological polar surface area (TPSA) is 102 Å². The van der Waals surface area contributed by atoms with Crippen molar-refractivity contribution in [3.63, 3.8) is 0 Å². The first-order chi connectivity index (χ1) is 16.8. The summed E-state index contributed by atoms with van der Waals surface area (Å²) in [6.07, 6.45) is 2.89. The minimum absolute atomic E-state index is 0.0579. The van der Waals surface area contributed by atoms with Crippen LogP contribution in [0.1, 0.15) is 70.7 Å². The second-order valence-corrected chi connectivity index (χ2v) is 12.4. The lowest BCUT2D eigenvalue weighted by atomic mass is 9.35. The van der Waals surface area contributed by atoms with E-state index >= 15 is 0 Å². The lowest BCUT2D eigenvalue weighted by Crippen LogP contribution is -2.77. The quantitative estimate of drug-likeness (QED) is 0.267. The van der Waals surface area contributed by atoms with Gasteiger partial charge in [-0.05, 0) is 49.0 Å². The zero-order valence-electron chi connectivity index (χ0n) is 21.5. The van der Waals surface area contributed by atoms with Crippen molar-refractivity contribution in [3.05, 3.63) is 47.5 Å². The molecule has 6 heteroatoms. The maximum atomic E-state index is 15.0. The van der Waals surface area contributed by atoms with Crippen LogP contribution in [0.25, 0.3) is 0 Å². The molecule has 5 saturated carbocycles. The molecule has 188 valence electrons. The molecule has 5 atom stereocenters. The minimum atomic E-state index is -2.09. The van der Waals surface area contributed by atoms with Gasteiger partial charge in [-0.3, -0.25) is 28.8 Å². The minimum Gasteiger partial charge on any atom is -0.299 e. The first-order valence-electron chi connectivity index (χ1n) is 12.7.